The number of carboxylic acid groups (broad SMARTS) is 1. The lowest BCUT2D eigenvalue weighted by Crippen LogP contribution is -2.28. The van der Waals surface area contributed by atoms with Crippen molar-refractivity contribution >= 4 is 21.9 Å². The number of aromatic carboxylic acids is 1. The largest absolute Gasteiger partial charge is 0.478 e. The van der Waals surface area contributed by atoms with Crippen LogP contribution in [0.15, 0.2) is 47.4 Å². The summed E-state index contributed by atoms with van der Waals surface area (Å²) in [6.45, 7) is 3.95. The van der Waals surface area contributed by atoms with Crippen molar-refractivity contribution in [1.29, 1.82) is 0 Å². The number of aryl methyl sites for hydroxylation is 1. The average Bonchev–Trinajstić information content (AvgIpc) is 2.61. The fourth-order valence-electron chi connectivity index (χ4n) is 2.58. The summed E-state index contributed by atoms with van der Waals surface area (Å²) in [5.74, 6) is -1.33. The van der Waals surface area contributed by atoms with Crippen molar-refractivity contribution < 1.29 is 23.1 Å². The molecule has 7 nitrogen and oxygen atoms in total. The van der Waals surface area contributed by atoms with E-state index in [1.54, 1.807) is 39.1 Å². The van der Waals surface area contributed by atoms with Crippen LogP contribution in [0.5, 0.6) is 0 Å². The predicted octanol–water partition coefficient (Wildman–Crippen LogP) is 2.26. The molecule has 0 atom stereocenters. The fourth-order valence-corrected chi connectivity index (χ4v) is 3.64. The monoisotopic (exact) mass is 390 g/mol. The molecule has 0 fully saturated rings. The van der Waals surface area contributed by atoms with E-state index in [4.69, 9.17) is 5.11 Å². The van der Waals surface area contributed by atoms with Crippen LogP contribution in [0.4, 0.5) is 0 Å². The van der Waals surface area contributed by atoms with Gasteiger partial charge in [0.05, 0.1) is 10.5 Å². The summed E-state index contributed by atoms with van der Waals surface area (Å²) < 4.78 is 26.8. The van der Waals surface area contributed by atoms with Gasteiger partial charge < -0.3 is 10.0 Å². The van der Waals surface area contributed by atoms with Gasteiger partial charge in [0, 0.05) is 25.7 Å². The summed E-state index contributed by atoms with van der Waals surface area (Å²) in [6.07, 6.45) is 0. The second kappa shape index (κ2) is 8.32. The highest BCUT2D eigenvalue weighted by molar-refractivity contribution is 7.89. The maximum Gasteiger partial charge on any atom is 0.335 e. The Hall–Kier alpha value is -2.71. The molecule has 2 aromatic rings. The molecule has 0 aromatic heterocycles. The van der Waals surface area contributed by atoms with Gasteiger partial charge >= 0.3 is 5.97 Å². The quantitative estimate of drug-likeness (QED) is 0.755. The van der Waals surface area contributed by atoms with E-state index < -0.39 is 16.0 Å². The topological polar surface area (TPSA) is 104 Å². The molecular formula is C19H22N2O5S. The van der Waals surface area contributed by atoms with Gasteiger partial charge in [-0.25, -0.2) is 17.9 Å². The molecule has 0 aliphatic rings. The maximum atomic E-state index is 12.8. The second-order valence-corrected chi connectivity index (χ2v) is 7.91. The van der Waals surface area contributed by atoms with E-state index in [0.29, 0.717) is 11.1 Å². The Labute approximate surface area is 158 Å². The zero-order chi connectivity index (χ0) is 20.2. The first-order valence-electron chi connectivity index (χ1n) is 8.33. The van der Waals surface area contributed by atoms with Crippen LogP contribution >= 0.6 is 0 Å². The van der Waals surface area contributed by atoms with Crippen LogP contribution in [0.3, 0.4) is 0 Å². The molecule has 0 bridgehead atoms. The van der Waals surface area contributed by atoms with Crippen molar-refractivity contribution in [3.63, 3.8) is 0 Å². The number of carbonyl (C=O) groups excluding carboxylic acids is 1. The highest BCUT2D eigenvalue weighted by Gasteiger charge is 2.19. The van der Waals surface area contributed by atoms with Gasteiger partial charge in [0.25, 0.3) is 5.91 Å². The van der Waals surface area contributed by atoms with E-state index in [-0.39, 0.29) is 29.5 Å². The molecule has 0 radical (unpaired) electrons. The van der Waals surface area contributed by atoms with Gasteiger partial charge in [0.15, 0.2) is 0 Å². The van der Waals surface area contributed by atoms with Crippen molar-refractivity contribution in [2.45, 2.75) is 25.3 Å². The Morgan fingerprint density at radius 2 is 1.74 bits per heavy atom. The number of carbonyl (C=O) groups is 2. The van der Waals surface area contributed by atoms with Gasteiger partial charge in [0.2, 0.25) is 10.0 Å². The summed E-state index contributed by atoms with van der Waals surface area (Å²) in [6, 6.07) is 10.7. The first kappa shape index (κ1) is 20.6. The number of rotatable bonds is 7. The minimum Gasteiger partial charge on any atom is -0.478 e. The Kier molecular flexibility index (Phi) is 6.35. The highest BCUT2D eigenvalue weighted by Crippen LogP contribution is 2.18. The predicted molar refractivity (Wildman–Crippen MR) is 101 cm³/mol. The minimum absolute atomic E-state index is 0.0394. The standard InChI is InChI=1S/C19H22N2O5S/c1-4-20-27(25,26)16-10-5-13(2)17(11-16)18(22)21(3)12-14-6-8-15(9-7-14)19(23)24/h5-11,20H,4,12H2,1-3H3,(H,23,24). The number of benzene rings is 2. The first-order valence-corrected chi connectivity index (χ1v) is 9.82. The number of nitrogens with one attached hydrogen (secondary N) is 1. The lowest BCUT2D eigenvalue weighted by atomic mass is 10.1. The summed E-state index contributed by atoms with van der Waals surface area (Å²) in [5, 5.41) is 8.94. The minimum atomic E-state index is -3.66. The summed E-state index contributed by atoms with van der Waals surface area (Å²) in [7, 11) is -2.05. The molecule has 0 aliphatic heterocycles. The van der Waals surface area contributed by atoms with Gasteiger partial charge in [0.1, 0.15) is 0 Å². The maximum absolute atomic E-state index is 12.8. The molecule has 2 N–H and O–H groups in total. The molecule has 0 unspecified atom stereocenters. The van der Waals surface area contributed by atoms with E-state index in [1.165, 1.54) is 29.2 Å². The number of nitrogens with zero attached hydrogens (tertiary/aromatic N) is 1. The molecule has 0 aliphatic carbocycles. The lowest BCUT2D eigenvalue weighted by molar-refractivity contribution is 0.0695. The molecule has 1 amide bonds. The number of hydrogen-bond donors (Lipinski definition) is 2. The van der Waals surface area contributed by atoms with E-state index in [2.05, 4.69) is 4.72 Å². The van der Waals surface area contributed by atoms with E-state index in [9.17, 15) is 18.0 Å². The summed E-state index contributed by atoms with van der Waals surface area (Å²) in [4.78, 5) is 25.2. The van der Waals surface area contributed by atoms with E-state index >= 15 is 0 Å². The molecule has 8 heteroatoms. The number of carboxylic acids is 1. The zero-order valence-corrected chi connectivity index (χ0v) is 16.2. The second-order valence-electron chi connectivity index (χ2n) is 6.14. The van der Waals surface area contributed by atoms with Crippen LogP contribution in [0.1, 0.15) is 38.8 Å². The number of sulfonamides is 1. The number of hydrogen-bond acceptors (Lipinski definition) is 4. The SMILES string of the molecule is CCNS(=O)(=O)c1ccc(C)c(C(=O)N(C)Cc2ccc(C(=O)O)cc2)c1. The van der Waals surface area contributed by atoms with Crippen LogP contribution in [-0.2, 0) is 16.6 Å². The number of amides is 1. The van der Waals surface area contributed by atoms with Gasteiger partial charge in [-0.15, -0.1) is 0 Å². The van der Waals surface area contributed by atoms with Crippen LogP contribution < -0.4 is 4.72 Å². The van der Waals surface area contributed by atoms with Gasteiger partial charge in [-0.05, 0) is 42.3 Å². The van der Waals surface area contributed by atoms with E-state index in [1.807, 2.05) is 0 Å². The molecule has 0 saturated carbocycles. The van der Waals surface area contributed by atoms with Crippen LogP contribution in [0.2, 0.25) is 0 Å². The summed E-state index contributed by atoms with van der Waals surface area (Å²) >= 11 is 0. The fraction of sp³-hybridized carbons (Fsp3) is 0.263. The molecule has 0 spiro atoms. The molecule has 144 valence electrons. The third-order valence-corrected chi connectivity index (χ3v) is 5.59. The van der Waals surface area contributed by atoms with Gasteiger partial charge in [-0.2, -0.15) is 0 Å². The van der Waals surface area contributed by atoms with Crippen molar-refractivity contribution in [2.75, 3.05) is 13.6 Å². The van der Waals surface area contributed by atoms with Crippen LogP contribution in [0.25, 0.3) is 0 Å². The Morgan fingerprint density at radius 1 is 1.11 bits per heavy atom. The molecule has 2 aromatic carbocycles. The third-order valence-electron chi connectivity index (χ3n) is 4.05. The average molecular weight is 390 g/mol. The molecule has 0 heterocycles. The van der Waals surface area contributed by atoms with Crippen LogP contribution in [-0.4, -0.2) is 43.9 Å². The zero-order valence-electron chi connectivity index (χ0n) is 15.4. The van der Waals surface area contributed by atoms with Gasteiger partial charge in [-0.1, -0.05) is 25.1 Å². The normalized spacial score (nSPS) is 11.2. The molecule has 0 saturated heterocycles. The highest BCUT2D eigenvalue weighted by atomic mass is 32.2. The molecular weight excluding hydrogens is 368 g/mol. The Morgan fingerprint density at radius 3 is 2.30 bits per heavy atom. The van der Waals surface area contributed by atoms with E-state index in [0.717, 1.165) is 5.56 Å². The van der Waals surface area contributed by atoms with Gasteiger partial charge in [-0.3, -0.25) is 4.79 Å². The Bertz CT molecular complexity index is 953. The molecule has 27 heavy (non-hydrogen) atoms. The Balaban J connectivity index is 2.24. The van der Waals surface area contributed by atoms with Crippen molar-refractivity contribution in [1.82, 2.24) is 9.62 Å². The van der Waals surface area contributed by atoms with Crippen molar-refractivity contribution in [2.24, 2.45) is 0 Å². The smallest absolute Gasteiger partial charge is 0.335 e. The lowest BCUT2D eigenvalue weighted by Gasteiger charge is -2.19. The summed E-state index contributed by atoms with van der Waals surface area (Å²) in [5.41, 5.74) is 1.91. The van der Waals surface area contributed by atoms with Crippen molar-refractivity contribution in [3.8, 4) is 0 Å². The third kappa shape index (κ3) is 4.93. The van der Waals surface area contributed by atoms with Crippen molar-refractivity contribution in [3.05, 3.63) is 64.7 Å². The first-order chi connectivity index (χ1) is 12.7. The molecule has 2 rings (SSSR count). The van der Waals surface area contributed by atoms with Crippen LogP contribution in [0, 0.1) is 6.92 Å².